The Kier molecular flexibility index (Phi) is 4.39. The molecule has 0 N–H and O–H groups in total. The Morgan fingerprint density at radius 2 is 1.88 bits per heavy atom. The van der Waals surface area contributed by atoms with Gasteiger partial charge < -0.3 is 9.47 Å². The fourth-order valence-corrected chi connectivity index (χ4v) is 7.28. The molecule has 1 aromatic carbocycles. The molecule has 0 aromatic heterocycles. The van der Waals surface area contributed by atoms with Gasteiger partial charge in [0.1, 0.15) is 11.2 Å². The number of ether oxygens (including phenoxy) is 2. The predicted octanol–water partition coefficient (Wildman–Crippen LogP) is 3.27. The van der Waals surface area contributed by atoms with Gasteiger partial charge in [0.2, 0.25) is 4.93 Å². The maximum Gasteiger partial charge on any atom is 0.308 e. The van der Waals surface area contributed by atoms with Crippen molar-refractivity contribution in [2.75, 3.05) is 7.11 Å². The molecule has 2 saturated heterocycles. The SMILES string of the molecule is CO[C@@H]1S(=O)[C@@]2(c3cccc(OC(C)=O)c3)OO[C@@]2(C(C)(C)C)C1(C)C. The van der Waals surface area contributed by atoms with Gasteiger partial charge >= 0.3 is 5.97 Å². The molecule has 2 heterocycles. The zero-order valence-electron chi connectivity index (χ0n) is 16.2. The van der Waals surface area contributed by atoms with Crippen LogP contribution < -0.4 is 4.74 Å². The normalized spacial score (nSPS) is 35.5. The molecule has 6 nitrogen and oxygen atoms in total. The zero-order chi connectivity index (χ0) is 19.5. The molecule has 4 atom stereocenters. The van der Waals surface area contributed by atoms with Crippen LogP contribution in [-0.2, 0) is 35.0 Å². The van der Waals surface area contributed by atoms with Gasteiger partial charge in [-0.3, -0.25) is 9.00 Å². The molecule has 144 valence electrons. The van der Waals surface area contributed by atoms with Crippen LogP contribution in [-0.4, -0.2) is 28.3 Å². The van der Waals surface area contributed by atoms with E-state index in [0.29, 0.717) is 11.3 Å². The number of esters is 1. The topological polar surface area (TPSA) is 71.1 Å². The molecule has 2 aliphatic rings. The minimum atomic E-state index is -1.54. The van der Waals surface area contributed by atoms with Crippen LogP contribution in [0.25, 0.3) is 0 Å². The Hall–Kier alpha value is -1.28. The van der Waals surface area contributed by atoms with E-state index in [9.17, 15) is 9.00 Å². The first kappa shape index (κ1) is 19.5. The Morgan fingerprint density at radius 3 is 2.35 bits per heavy atom. The number of methoxy groups -OCH3 is 1. The summed E-state index contributed by atoms with van der Waals surface area (Å²) in [5.41, 5.74) is -1.84. The summed E-state index contributed by atoms with van der Waals surface area (Å²) in [6, 6.07) is 6.94. The second kappa shape index (κ2) is 5.86. The van der Waals surface area contributed by atoms with Gasteiger partial charge in [0.05, 0.1) is 10.8 Å². The summed E-state index contributed by atoms with van der Waals surface area (Å²) in [7, 11) is 0.00560. The second-order valence-corrected chi connectivity index (χ2v) is 10.0. The van der Waals surface area contributed by atoms with Gasteiger partial charge in [-0.25, -0.2) is 9.78 Å². The maximum atomic E-state index is 13.6. The van der Waals surface area contributed by atoms with Crippen molar-refractivity contribution in [3.8, 4) is 5.75 Å². The number of hydrogen-bond acceptors (Lipinski definition) is 6. The summed E-state index contributed by atoms with van der Waals surface area (Å²) in [6.07, 6.45) is 0. The Morgan fingerprint density at radius 1 is 1.23 bits per heavy atom. The molecule has 7 heteroatoms. The number of carbonyl (C=O) groups excluding carboxylic acids is 1. The highest BCUT2D eigenvalue weighted by molar-refractivity contribution is 7.86. The van der Waals surface area contributed by atoms with Crippen LogP contribution in [0.5, 0.6) is 5.75 Å². The third kappa shape index (κ3) is 2.14. The first-order chi connectivity index (χ1) is 12.0. The average molecular weight is 382 g/mol. The standard InChI is InChI=1S/C19H26O6S/c1-12(20)23-14-10-8-9-13(11-14)18-19(25-24-18,16(2,3)4)17(5,6)15(22-7)26(18)21/h8-11,15H,1-7H3/t15-,18-,19+,26?/m1/s1. The van der Waals surface area contributed by atoms with Crippen molar-refractivity contribution in [2.45, 2.75) is 57.5 Å². The maximum absolute atomic E-state index is 13.6. The van der Waals surface area contributed by atoms with E-state index in [2.05, 4.69) is 0 Å². The molecule has 1 aromatic rings. The lowest BCUT2D eigenvalue weighted by Crippen LogP contribution is -2.73. The van der Waals surface area contributed by atoms with Gasteiger partial charge in [-0.05, 0) is 17.5 Å². The summed E-state index contributed by atoms with van der Waals surface area (Å²) in [5.74, 6) is -0.0477. The Balaban J connectivity index is 2.24. The van der Waals surface area contributed by atoms with Crippen molar-refractivity contribution < 1.29 is 28.3 Å². The third-order valence-corrected chi connectivity index (χ3v) is 7.80. The average Bonchev–Trinajstić information content (AvgIpc) is 2.54. The first-order valence-electron chi connectivity index (χ1n) is 8.55. The van der Waals surface area contributed by atoms with Crippen LogP contribution >= 0.6 is 0 Å². The molecule has 1 unspecified atom stereocenters. The molecular weight excluding hydrogens is 356 g/mol. The largest absolute Gasteiger partial charge is 0.427 e. The molecule has 0 spiro atoms. The van der Waals surface area contributed by atoms with Crippen molar-refractivity contribution >= 4 is 16.8 Å². The third-order valence-electron chi connectivity index (χ3n) is 5.47. The van der Waals surface area contributed by atoms with E-state index < -0.39 is 43.6 Å². The number of fused-ring (bicyclic) bond motifs is 1. The van der Waals surface area contributed by atoms with E-state index >= 15 is 0 Å². The van der Waals surface area contributed by atoms with Crippen molar-refractivity contribution in [3.63, 3.8) is 0 Å². The zero-order valence-corrected chi connectivity index (χ0v) is 17.1. The van der Waals surface area contributed by atoms with Gasteiger partial charge in [-0.1, -0.05) is 46.8 Å². The minimum absolute atomic E-state index is 0.373. The van der Waals surface area contributed by atoms with E-state index in [0.717, 1.165) is 0 Å². The van der Waals surface area contributed by atoms with Crippen LogP contribution in [0.2, 0.25) is 0 Å². The monoisotopic (exact) mass is 382 g/mol. The quantitative estimate of drug-likeness (QED) is 0.454. The lowest BCUT2D eigenvalue weighted by atomic mass is 9.57. The van der Waals surface area contributed by atoms with Crippen LogP contribution in [0.3, 0.4) is 0 Å². The van der Waals surface area contributed by atoms with E-state index in [1.807, 2.05) is 40.7 Å². The summed E-state index contributed by atoms with van der Waals surface area (Å²) >= 11 is 0. The number of carbonyl (C=O) groups is 1. The lowest BCUT2D eigenvalue weighted by Gasteiger charge is -2.61. The van der Waals surface area contributed by atoms with Gasteiger partial charge in [-0.2, -0.15) is 0 Å². The molecule has 2 aliphatic heterocycles. The van der Waals surface area contributed by atoms with Crippen molar-refractivity contribution in [1.29, 1.82) is 0 Å². The fourth-order valence-electron chi connectivity index (χ4n) is 4.76. The van der Waals surface area contributed by atoms with Crippen LogP contribution in [0, 0.1) is 10.8 Å². The van der Waals surface area contributed by atoms with Crippen LogP contribution in [0.1, 0.15) is 47.1 Å². The number of hydrogen-bond donors (Lipinski definition) is 0. The summed E-state index contributed by atoms with van der Waals surface area (Å²) < 4.78 is 24.4. The highest BCUT2D eigenvalue weighted by Gasteiger charge is 2.86. The number of rotatable bonds is 3. The van der Waals surface area contributed by atoms with Gasteiger partial charge in [0.15, 0.2) is 5.60 Å². The molecule has 0 aliphatic carbocycles. The smallest absolute Gasteiger partial charge is 0.308 e. The van der Waals surface area contributed by atoms with E-state index in [4.69, 9.17) is 19.2 Å². The molecule has 0 radical (unpaired) electrons. The minimum Gasteiger partial charge on any atom is -0.427 e. The highest BCUT2D eigenvalue weighted by atomic mass is 32.2. The van der Waals surface area contributed by atoms with Crippen LogP contribution in [0.4, 0.5) is 0 Å². The van der Waals surface area contributed by atoms with Crippen molar-refractivity contribution in [3.05, 3.63) is 29.8 Å². The van der Waals surface area contributed by atoms with Crippen molar-refractivity contribution in [1.82, 2.24) is 0 Å². The predicted molar refractivity (Wildman–Crippen MR) is 96.5 cm³/mol. The summed E-state index contributed by atoms with van der Waals surface area (Å²) in [5, 5.41) is 0. The van der Waals surface area contributed by atoms with Gasteiger partial charge in [0.25, 0.3) is 0 Å². The van der Waals surface area contributed by atoms with E-state index in [1.54, 1.807) is 25.3 Å². The Labute approximate surface area is 156 Å². The fraction of sp³-hybridized carbons (Fsp3) is 0.632. The van der Waals surface area contributed by atoms with E-state index in [-0.39, 0.29) is 0 Å². The molecule has 2 fully saturated rings. The molecular formula is C19H26O6S. The molecule has 0 bridgehead atoms. The summed E-state index contributed by atoms with van der Waals surface area (Å²) in [6.45, 7) is 11.4. The number of benzene rings is 1. The molecule has 0 amide bonds. The van der Waals surface area contributed by atoms with Crippen LogP contribution in [0.15, 0.2) is 24.3 Å². The molecule has 3 rings (SSSR count). The summed E-state index contributed by atoms with van der Waals surface area (Å²) in [4.78, 5) is 21.6. The molecule has 26 heavy (non-hydrogen) atoms. The lowest BCUT2D eigenvalue weighted by molar-refractivity contribution is -0.569. The van der Waals surface area contributed by atoms with E-state index in [1.165, 1.54) is 6.92 Å². The Bertz CT molecular complexity index is 768. The highest BCUT2D eigenvalue weighted by Crippen LogP contribution is 2.72. The molecule has 0 saturated carbocycles. The first-order valence-corrected chi connectivity index (χ1v) is 9.76. The van der Waals surface area contributed by atoms with Gasteiger partial charge in [0, 0.05) is 25.0 Å². The second-order valence-electron chi connectivity index (χ2n) is 8.42. The van der Waals surface area contributed by atoms with Gasteiger partial charge in [-0.15, -0.1) is 0 Å². The van der Waals surface area contributed by atoms with Crippen molar-refractivity contribution in [2.24, 2.45) is 10.8 Å².